The van der Waals surface area contributed by atoms with E-state index in [1.807, 2.05) is 67.8 Å². The number of hydrogen-bond donors (Lipinski definition) is 0. The van der Waals surface area contributed by atoms with Crippen LogP contribution >= 0.6 is 91.0 Å². The average Bonchev–Trinajstić information content (AvgIpc) is 2.23. The van der Waals surface area contributed by atoms with Crippen molar-refractivity contribution in [3.05, 3.63) is 21.8 Å². The molecule has 0 aromatic heterocycles. The number of carbonyl (C=O) groups is 2. The first kappa shape index (κ1) is 17.2. The van der Waals surface area contributed by atoms with E-state index in [0.29, 0.717) is 10.7 Å². The Bertz CT molecular complexity index is 531. The third kappa shape index (κ3) is 3.42. The molecule has 10 heteroatoms. The summed E-state index contributed by atoms with van der Waals surface area (Å²) in [6.45, 7) is 0. The summed E-state index contributed by atoms with van der Waals surface area (Å²) >= 11 is 16.5. The Morgan fingerprint density at radius 1 is 0.944 bits per heavy atom. The van der Waals surface area contributed by atoms with Gasteiger partial charge in [-0.3, -0.25) is 9.59 Å². The Kier molecular flexibility index (Phi) is 6.92. The van der Waals surface area contributed by atoms with Gasteiger partial charge in [0, 0.05) is 3.57 Å². The molecular weight excluding hydrogens is 642 g/mol. The molecule has 0 spiro atoms. The summed E-state index contributed by atoms with van der Waals surface area (Å²) in [4.78, 5) is 22.8. The molecule has 0 radical (unpaired) electrons. The molecule has 0 unspecified atom stereocenters. The fourth-order valence-corrected chi connectivity index (χ4v) is 7.10. The Balaban J connectivity index is 3.93. The van der Waals surface area contributed by atoms with Crippen LogP contribution in [0.15, 0.2) is 4.36 Å². The van der Waals surface area contributed by atoms with E-state index in [2.05, 4.69) is 4.36 Å². The van der Waals surface area contributed by atoms with Gasteiger partial charge >= 0.3 is 0 Å². The quantitative estimate of drug-likeness (QED) is 0.366. The molecule has 0 saturated heterocycles. The van der Waals surface area contributed by atoms with Crippen molar-refractivity contribution in [2.24, 2.45) is 4.36 Å². The van der Waals surface area contributed by atoms with E-state index < -0.39 is 10.5 Å². The van der Waals surface area contributed by atoms with Gasteiger partial charge < -0.3 is 0 Å². The molecule has 1 rings (SSSR count). The molecule has 1 aromatic rings. The predicted octanol–water partition coefficient (Wildman–Crippen LogP) is 4.29. The lowest BCUT2D eigenvalue weighted by molar-refractivity contribution is 0.107. The average molecular weight is 642 g/mol. The molecule has 0 atom stereocenters. The van der Waals surface area contributed by atoms with Crippen molar-refractivity contribution in [1.82, 2.24) is 0 Å². The Hall–Kier alpha value is 1.15. The maximum atomic E-state index is 11.4. The molecule has 4 nitrogen and oxygen atoms in total. The molecular formula is C8Cl2I3NO3S. The lowest BCUT2D eigenvalue weighted by Crippen LogP contribution is -2.07. The van der Waals surface area contributed by atoms with Crippen LogP contribution in [0.1, 0.15) is 20.7 Å². The summed E-state index contributed by atoms with van der Waals surface area (Å²) in [6, 6.07) is 0. The topological polar surface area (TPSA) is 63.6 Å². The van der Waals surface area contributed by atoms with Crippen LogP contribution in [0.3, 0.4) is 0 Å². The third-order valence-electron chi connectivity index (χ3n) is 1.82. The maximum Gasteiger partial charge on any atom is 0.254 e. The predicted molar refractivity (Wildman–Crippen MR) is 95.2 cm³/mol. The summed E-state index contributed by atoms with van der Waals surface area (Å²) in [5, 5.41) is -1.46. The van der Waals surface area contributed by atoms with Gasteiger partial charge in [0.1, 0.15) is 5.69 Å². The van der Waals surface area contributed by atoms with Crippen molar-refractivity contribution in [2.45, 2.75) is 0 Å². The van der Waals surface area contributed by atoms with Crippen molar-refractivity contribution in [2.75, 3.05) is 0 Å². The molecule has 18 heavy (non-hydrogen) atoms. The lowest BCUT2D eigenvalue weighted by atomic mass is 10.1. The van der Waals surface area contributed by atoms with Gasteiger partial charge in [-0.2, -0.15) is 8.57 Å². The molecule has 0 aliphatic rings. The summed E-state index contributed by atoms with van der Waals surface area (Å²) in [7, 11) is 0. The standard InChI is InChI=1S/C8Cl2I3NO3S/c9-7(15)1-3(11)2(8(10)16)5(13)6(4(1)12)14-18-17. The zero-order valence-electron chi connectivity index (χ0n) is 7.97. The molecule has 0 amide bonds. The minimum atomic E-state index is -0.730. The molecule has 0 saturated carbocycles. The molecule has 0 aliphatic carbocycles. The van der Waals surface area contributed by atoms with Gasteiger partial charge in [-0.1, -0.05) is 0 Å². The number of benzene rings is 1. The normalized spacial score (nSPS) is 10.1. The van der Waals surface area contributed by atoms with Gasteiger partial charge in [-0.25, -0.2) is 0 Å². The molecule has 1 aromatic carbocycles. The second-order valence-corrected chi connectivity index (χ2v) is 7.01. The SMILES string of the molecule is O=S=Nc1c(I)c(C(=O)Cl)c(I)c(C(=O)Cl)c1I. The highest BCUT2D eigenvalue weighted by Crippen LogP contribution is 2.38. The number of halogens is 5. The van der Waals surface area contributed by atoms with E-state index in [0.717, 1.165) is 0 Å². The molecule has 0 bridgehead atoms. The van der Waals surface area contributed by atoms with Crippen LogP contribution in [0.4, 0.5) is 5.69 Å². The third-order valence-corrected chi connectivity index (χ3v) is 5.63. The molecule has 0 N–H and O–H groups in total. The van der Waals surface area contributed by atoms with Crippen LogP contribution in [0.5, 0.6) is 0 Å². The minimum absolute atomic E-state index is 0.0161. The summed E-state index contributed by atoms with van der Waals surface area (Å²) in [5.41, 5.74) is 0.509. The van der Waals surface area contributed by atoms with Crippen LogP contribution in [0.2, 0.25) is 0 Å². The van der Waals surface area contributed by atoms with Gasteiger partial charge in [0.25, 0.3) is 10.5 Å². The number of hydrogen-bond acceptors (Lipinski definition) is 4. The summed E-state index contributed by atoms with van der Waals surface area (Å²) < 4.78 is 15.4. The van der Waals surface area contributed by atoms with Crippen LogP contribution in [-0.2, 0) is 11.5 Å². The maximum absolute atomic E-state index is 11.4. The van der Waals surface area contributed by atoms with E-state index in [1.54, 1.807) is 0 Å². The Morgan fingerprint density at radius 3 is 1.61 bits per heavy atom. The first-order chi connectivity index (χ1) is 8.32. The number of nitrogens with zero attached hydrogens (tertiary/aromatic N) is 1. The van der Waals surface area contributed by atoms with E-state index >= 15 is 0 Å². The monoisotopic (exact) mass is 641 g/mol. The minimum Gasteiger partial charge on any atom is -0.276 e. The zero-order valence-corrected chi connectivity index (χ0v) is 16.8. The fraction of sp³-hybridized carbons (Fsp3) is 0. The number of rotatable bonds is 3. The molecule has 96 valence electrons. The smallest absolute Gasteiger partial charge is 0.254 e. The van der Waals surface area contributed by atoms with Crippen molar-refractivity contribution in [3.63, 3.8) is 0 Å². The van der Waals surface area contributed by atoms with Gasteiger partial charge in [-0.05, 0) is 91.0 Å². The van der Waals surface area contributed by atoms with E-state index in [-0.39, 0.29) is 28.3 Å². The van der Waals surface area contributed by atoms with Crippen molar-refractivity contribution >= 4 is 119 Å². The fourth-order valence-electron chi connectivity index (χ4n) is 1.11. The molecule has 0 fully saturated rings. The summed E-state index contributed by atoms with van der Waals surface area (Å²) in [6.07, 6.45) is 0. The van der Waals surface area contributed by atoms with E-state index in [1.165, 1.54) is 0 Å². The molecule has 0 aliphatic heterocycles. The number of carbonyl (C=O) groups excluding carboxylic acids is 2. The van der Waals surface area contributed by atoms with Gasteiger partial charge in [0.15, 0.2) is 0 Å². The highest BCUT2D eigenvalue weighted by molar-refractivity contribution is 14.1. The second-order valence-electron chi connectivity index (χ2n) is 2.75. The highest BCUT2D eigenvalue weighted by Gasteiger charge is 2.26. The largest absolute Gasteiger partial charge is 0.276 e. The van der Waals surface area contributed by atoms with Gasteiger partial charge in [0.2, 0.25) is 11.5 Å². The van der Waals surface area contributed by atoms with E-state index in [4.69, 9.17) is 23.2 Å². The Morgan fingerprint density at radius 2 is 1.33 bits per heavy atom. The Labute approximate surface area is 156 Å². The van der Waals surface area contributed by atoms with Crippen molar-refractivity contribution in [3.8, 4) is 0 Å². The van der Waals surface area contributed by atoms with Crippen LogP contribution in [0, 0.1) is 10.7 Å². The first-order valence-electron chi connectivity index (χ1n) is 3.93. The lowest BCUT2D eigenvalue weighted by Gasteiger charge is -2.11. The van der Waals surface area contributed by atoms with Gasteiger partial charge in [0.05, 0.1) is 18.3 Å². The van der Waals surface area contributed by atoms with Crippen molar-refractivity contribution in [1.29, 1.82) is 0 Å². The van der Waals surface area contributed by atoms with Crippen LogP contribution in [-0.4, -0.2) is 14.7 Å². The molecule has 0 heterocycles. The van der Waals surface area contributed by atoms with Crippen molar-refractivity contribution < 1.29 is 13.8 Å². The van der Waals surface area contributed by atoms with Crippen LogP contribution in [0.25, 0.3) is 0 Å². The van der Waals surface area contributed by atoms with Gasteiger partial charge in [-0.15, -0.1) is 0 Å². The second kappa shape index (κ2) is 7.24. The van der Waals surface area contributed by atoms with E-state index in [9.17, 15) is 13.8 Å². The summed E-state index contributed by atoms with van der Waals surface area (Å²) in [5.74, 6) is 0. The first-order valence-corrected chi connectivity index (χ1v) is 8.62. The van der Waals surface area contributed by atoms with Crippen LogP contribution < -0.4 is 0 Å². The highest BCUT2D eigenvalue weighted by atomic mass is 127. The zero-order chi connectivity index (χ0) is 14.0.